The van der Waals surface area contributed by atoms with E-state index in [-0.39, 0.29) is 0 Å². The van der Waals surface area contributed by atoms with E-state index in [4.69, 9.17) is 11.6 Å². The third-order valence-electron chi connectivity index (χ3n) is 3.36. The molecule has 0 atom stereocenters. The predicted molar refractivity (Wildman–Crippen MR) is 78.0 cm³/mol. The van der Waals surface area contributed by atoms with Crippen LogP contribution in [0.1, 0.15) is 32.4 Å². The molecule has 6 heteroatoms. The SMILES string of the molecule is CCC(CC)N(CCCl)c1cc(C)nc2ncnn12. The maximum atomic E-state index is 5.97. The molecule has 0 saturated heterocycles. The molecule has 0 aliphatic heterocycles. The largest absolute Gasteiger partial charge is 0.352 e. The number of nitrogens with zero attached hydrogens (tertiary/aromatic N) is 5. The Morgan fingerprint density at radius 2 is 2.11 bits per heavy atom. The molecule has 0 saturated carbocycles. The highest BCUT2D eigenvalue weighted by Crippen LogP contribution is 2.21. The summed E-state index contributed by atoms with van der Waals surface area (Å²) in [6, 6.07) is 2.50. The minimum atomic E-state index is 0.452. The van der Waals surface area contributed by atoms with Crippen LogP contribution in [-0.4, -0.2) is 38.0 Å². The smallest absolute Gasteiger partial charge is 0.254 e. The highest BCUT2D eigenvalue weighted by atomic mass is 35.5. The van der Waals surface area contributed by atoms with Crippen molar-refractivity contribution in [1.29, 1.82) is 0 Å². The molecule has 19 heavy (non-hydrogen) atoms. The number of fused-ring (bicyclic) bond motifs is 1. The van der Waals surface area contributed by atoms with Crippen LogP contribution in [0, 0.1) is 6.92 Å². The van der Waals surface area contributed by atoms with Crippen molar-refractivity contribution < 1.29 is 0 Å². The number of aryl methyl sites for hydroxylation is 1. The fourth-order valence-electron chi connectivity index (χ4n) is 2.42. The van der Waals surface area contributed by atoms with E-state index in [9.17, 15) is 0 Å². The van der Waals surface area contributed by atoms with Crippen LogP contribution >= 0.6 is 11.6 Å². The average molecular weight is 282 g/mol. The second kappa shape index (κ2) is 6.19. The highest BCUT2D eigenvalue weighted by molar-refractivity contribution is 6.18. The lowest BCUT2D eigenvalue weighted by Crippen LogP contribution is -2.37. The maximum absolute atomic E-state index is 5.97. The van der Waals surface area contributed by atoms with Crippen molar-refractivity contribution in [3.8, 4) is 0 Å². The van der Waals surface area contributed by atoms with Crippen LogP contribution in [0.15, 0.2) is 12.4 Å². The quantitative estimate of drug-likeness (QED) is 0.764. The Morgan fingerprint density at radius 1 is 1.37 bits per heavy atom. The van der Waals surface area contributed by atoms with Crippen molar-refractivity contribution in [2.75, 3.05) is 17.3 Å². The van der Waals surface area contributed by atoms with Crippen molar-refractivity contribution in [3.63, 3.8) is 0 Å². The Hall–Kier alpha value is -1.36. The van der Waals surface area contributed by atoms with Crippen LogP contribution in [-0.2, 0) is 0 Å². The topological polar surface area (TPSA) is 46.3 Å². The van der Waals surface area contributed by atoms with Crippen molar-refractivity contribution >= 4 is 23.2 Å². The summed E-state index contributed by atoms with van der Waals surface area (Å²) in [6.07, 6.45) is 3.69. The molecule has 2 aromatic rings. The molecule has 0 fully saturated rings. The zero-order chi connectivity index (χ0) is 13.8. The molecule has 0 spiro atoms. The Labute approximate surface area is 118 Å². The molecule has 0 unspecified atom stereocenters. The van der Waals surface area contributed by atoms with Crippen LogP contribution in [0.4, 0.5) is 5.82 Å². The molecule has 0 bridgehead atoms. The van der Waals surface area contributed by atoms with Gasteiger partial charge in [-0.05, 0) is 19.8 Å². The number of halogens is 1. The summed E-state index contributed by atoms with van der Waals surface area (Å²) >= 11 is 5.97. The van der Waals surface area contributed by atoms with Gasteiger partial charge in [0.05, 0.1) is 0 Å². The predicted octanol–water partition coefficient (Wildman–Crippen LogP) is 2.67. The second-order valence-electron chi connectivity index (χ2n) is 4.58. The van der Waals surface area contributed by atoms with Gasteiger partial charge in [-0.3, -0.25) is 0 Å². The van der Waals surface area contributed by atoms with Gasteiger partial charge in [-0.2, -0.15) is 14.6 Å². The third kappa shape index (κ3) is 2.81. The summed E-state index contributed by atoms with van der Waals surface area (Å²) in [5, 5.41) is 4.27. The molecule has 0 aliphatic carbocycles. The van der Waals surface area contributed by atoms with E-state index in [1.165, 1.54) is 6.33 Å². The van der Waals surface area contributed by atoms with Crippen molar-refractivity contribution in [2.45, 2.75) is 39.7 Å². The van der Waals surface area contributed by atoms with E-state index in [1.807, 2.05) is 13.0 Å². The lowest BCUT2D eigenvalue weighted by atomic mass is 10.1. The minimum Gasteiger partial charge on any atom is -0.352 e. The van der Waals surface area contributed by atoms with Gasteiger partial charge < -0.3 is 4.90 Å². The molecule has 0 aromatic carbocycles. The summed E-state index contributed by atoms with van der Waals surface area (Å²) in [5.74, 6) is 2.25. The first kappa shape index (κ1) is 14.1. The first-order chi connectivity index (χ1) is 9.21. The third-order valence-corrected chi connectivity index (χ3v) is 3.53. The molecule has 2 aromatic heterocycles. The Kier molecular flexibility index (Phi) is 4.58. The fraction of sp³-hybridized carbons (Fsp3) is 0.615. The maximum Gasteiger partial charge on any atom is 0.254 e. The molecular weight excluding hydrogens is 262 g/mol. The summed E-state index contributed by atoms with van der Waals surface area (Å²) < 4.78 is 1.79. The molecule has 0 radical (unpaired) electrons. The van der Waals surface area contributed by atoms with Crippen molar-refractivity contribution in [2.24, 2.45) is 0 Å². The summed E-state index contributed by atoms with van der Waals surface area (Å²) in [6.45, 7) is 7.17. The van der Waals surface area contributed by atoms with Crippen LogP contribution in [0.2, 0.25) is 0 Å². The van der Waals surface area contributed by atoms with Gasteiger partial charge in [-0.1, -0.05) is 13.8 Å². The van der Waals surface area contributed by atoms with E-state index in [2.05, 4.69) is 33.8 Å². The lowest BCUT2D eigenvalue weighted by Gasteiger charge is -2.32. The Morgan fingerprint density at radius 3 is 2.74 bits per heavy atom. The average Bonchev–Trinajstić information content (AvgIpc) is 2.86. The van der Waals surface area contributed by atoms with Gasteiger partial charge >= 0.3 is 0 Å². The number of hydrogen-bond acceptors (Lipinski definition) is 4. The van der Waals surface area contributed by atoms with E-state index in [0.717, 1.165) is 30.9 Å². The van der Waals surface area contributed by atoms with Gasteiger partial charge in [0.15, 0.2) is 0 Å². The number of anilines is 1. The standard InChI is InChI=1S/C13H20ClN5/c1-4-11(5-2)18(7-6-14)12-8-10(3)17-13-15-9-16-19(12)13/h8-9,11H,4-7H2,1-3H3. The molecule has 104 valence electrons. The Balaban J connectivity index is 2.51. The summed E-state index contributed by atoms with van der Waals surface area (Å²) in [5.41, 5.74) is 0.945. The van der Waals surface area contributed by atoms with Crippen molar-refractivity contribution in [1.82, 2.24) is 19.6 Å². The number of alkyl halides is 1. The number of aromatic nitrogens is 4. The zero-order valence-corrected chi connectivity index (χ0v) is 12.4. The zero-order valence-electron chi connectivity index (χ0n) is 11.7. The first-order valence-electron chi connectivity index (χ1n) is 6.71. The van der Waals surface area contributed by atoms with Gasteiger partial charge in [0, 0.05) is 30.2 Å². The van der Waals surface area contributed by atoms with Gasteiger partial charge in [-0.15, -0.1) is 11.6 Å². The monoisotopic (exact) mass is 281 g/mol. The highest BCUT2D eigenvalue weighted by Gasteiger charge is 2.19. The van der Waals surface area contributed by atoms with Gasteiger partial charge in [0.25, 0.3) is 5.78 Å². The van der Waals surface area contributed by atoms with E-state index >= 15 is 0 Å². The normalized spacial score (nSPS) is 11.4. The second-order valence-corrected chi connectivity index (χ2v) is 4.96. The van der Waals surface area contributed by atoms with Gasteiger partial charge in [0.1, 0.15) is 12.1 Å². The lowest BCUT2D eigenvalue weighted by molar-refractivity contribution is 0.556. The van der Waals surface area contributed by atoms with E-state index in [1.54, 1.807) is 4.52 Å². The number of rotatable bonds is 6. The minimum absolute atomic E-state index is 0.452. The van der Waals surface area contributed by atoms with Gasteiger partial charge in [-0.25, -0.2) is 4.98 Å². The fourth-order valence-corrected chi connectivity index (χ4v) is 2.60. The van der Waals surface area contributed by atoms with Crippen LogP contribution in [0.25, 0.3) is 5.78 Å². The molecule has 5 nitrogen and oxygen atoms in total. The van der Waals surface area contributed by atoms with Crippen LogP contribution < -0.4 is 4.90 Å². The Bertz CT molecular complexity index is 535. The molecule has 0 N–H and O–H groups in total. The van der Waals surface area contributed by atoms with E-state index < -0.39 is 0 Å². The molecule has 2 heterocycles. The first-order valence-corrected chi connectivity index (χ1v) is 7.24. The molecule has 0 amide bonds. The van der Waals surface area contributed by atoms with Gasteiger partial charge in [0.2, 0.25) is 0 Å². The van der Waals surface area contributed by atoms with Crippen LogP contribution in [0.5, 0.6) is 0 Å². The molecular formula is C13H20ClN5. The molecule has 0 aliphatic rings. The summed E-state index contributed by atoms with van der Waals surface area (Å²) in [7, 11) is 0. The van der Waals surface area contributed by atoms with Crippen molar-refractivity contribution in [3.05, 3.63) is 18.1 Å². The van der Waals surface area contributed by atoms with E-state index in [0.29, 0.717) is 17.7 Å². The molecule has 2 rings (SSSR count). The number of hydrogen-bond donors (Lipinski definition) is 0. The van der Waals surface area contributed by atoms with Crippen LogP contribution in [0.3, 0.4) is 0 Å². The summed E-state index contributed by atoms with van der Waals surface area (Å²) in [4.78, 5) is 10.9.